The van der Waals surface area contributed by atoms with E-state index < -0.39 is 0 Å². The number of rotatable bonds is 5. The molecule has 0 aliphatic heterocycles. The fraction of sp³-hybridized carbons (Fsp3) is 0.312. The standard InChI is InChI=1S/C16H19N3OS/c1-11-12(10-19(2)18-11)6-7-17-9-13-8-14-15(20)4-3-5-16(14)21-13/h3-5,8,10,17,20H,6-7,9H2,1-2H3. The fourth-order valence-electron chi connectivity index (χ4n) is 2.51. The zero-order chi connectivity index (χ0) is 14.8. The molecule has 0 fully saturated rings. The zero-order valence-corrected chi connectivity index (χ0v) is 13.1. The van der Waals surface area contributed by atoms with Crippen LogP contribution in [0.3, 0.4) is 0 Å². The molecule has 110 valence electrons. The fourth-order valence-corrected chi connectivity index (χ4v) is 3.57. The van der Waals surface area contributed by atoms with Crippen LogP contribution in [-0.2, 0) is 20.0 Å². The SMILES string of the molecule is Cc1nn(C)cc1CCNCc1cc2c(O)cccc2s1. The lowest BCUT2D eigenvalue weighted by Gasteiger charge is -2.02. The van der Waals surface area contributed by atoms with E-state index in [4.69, 9.17) is 0 Å². The lowest BCUT2D eigenvalue weighted by molar-refractivity contribution is 0.482. The largest absolute Gasteiger partial charge is 0.507 e. The number of aromatic hydroxyl groups is 1. The van der Waals surface area contributed by atoms with Gasteiger partial charge in [0, 0.05) is 34.8 Å². The van der Waals surface area contributed by atoms with Gasteiger partial charge >= 0.3 is 0 Å². The number of aromatic nitrogens is 2. The molecule has 0 bridgehead atoms. The Labute approximate surface area is 128 Å². The predicted molar refractivity (Wildman–Crippen MR) is 86.8 cm³/mol. The second-order valence-corrected chi connectivity index (χ2v) is 6.41. The Morgan fingerprint density at radius 2 is 2.24 bits per heavy atom. The molecule has 0 aliphatic carbocycles. The molecule has 3 aromatic rings. The second kappa shape index (κ2) is 5.87. The summed E-state index contributed by atoms with van der Waals surface area (Å²) in [6.07, 6.45) is 3.06. The average molecular weight is 301 g/mol. The third-order valence-electron chi connectivity index (χ3n) is 3.57. The van der Waals surface area contributed by atoms with Crippen molar-refractivity contribution >= 4 is 21.4 Å². The highest BCUT2D eigenvalue weighted by Gasteiger charge is 2.06. The minimum absolute atomic E-state index is 0.362. The smallest absolute Gasteiger partial charge is 0.124 e. The van der Waals surface area contributed by atoms with E-state index in [-0.39, 0.29) is 0 Å². The molecule has 5 heteroatoms. The summed E-state index contributed by atoms with van der Waals surface area (Å²) in [7, 11) is 1.95. The van der Waals surface area contributed by atoms with E-state index in [0.717, 1.165) is 35.3 Å². The van der Waals surface area contributed by atoms with Crippen molar-refractivity contribution < 1.29 is 5.11 Å². The molecule has 21 heavy (non-hydrogen) atoms. The van der Waals surface area contributed by atoms with E-state index in [9.17, 15) is 5.11 Å². The van der Waals surface area contributed by atoms with Gasteiger partial charge in [0.15, 0.2) is 0 Å². The van der Waals surface area contributed by atoms with Crippen molar-refractivity contribution in [1.82, 2.24) is 15.1 Å². The molecule has 0 saturated heterocycles. The maximum atomic E-state index is 9.81. The van der Waals surface area contributed by atoms with E-state index in [2.05, 4.69) is 22.7 Å². The Hall–Kier alpha value is -1.85. The van der Waals surface area contributed by atoms with Crippen LogP contribution in [0, 0.1) is 6.92 Å². The quantitative estimate of drug-likeness (QED) is 0.712. The Morgan fingerprint density at radius 3 is 2.95 bits per heavy atom. The van der Waals surface area contributed by atoms with Gasteiger partial charge in [0.25, 0.3) is 0 Å². The van der Waals surface area contributed by atoms with Gasteiger partial charge in [-0.05, 0) is 43.7 Å². The van der Waals surface area contributed by atoms with Gasteiger partial charge in [-0.1, -0.05) is 6.07 Å². The third kappa shape index (κ3) is 3.09. The normalized spacial score (nSPS) is 11.3. The third-order valence-corrected chi connectivity index (χ3v) is 4.68. The van der Waals surface area contributed by atoms with Crippen LogP contribution in [0.4, 0.5) is 0 Å². The summed E-state index contributed by atoms with van der Waals surface area (Å²) in [5, 5.41) is 18.6. The molecule has 0 aliphatic rings. The maximum Gasteiger partial charge on any atom is 0.124 e. The van der Waals surface area contributed by atoms with E-state index in [1.165, 1.54) is 10.4 Å². The molecule has 0 radical (unpaired) electrons. The first-order valence-electron chi connectivity index (χ1n) is 7.04. The van der Waals surface area contributed by atoms with E-state index in [0.29, 0.717) is 5.75 Å². The summed E-state index contributed by atoms with van der Waals surface area (Å²) in [6.45, 7) is 3.80. The summed E-state index contributed by atoms with van der Waals surface area (Å²) < 4.78 is 2.99. The number of aryl methyl sites for hydroxylation is 2. The summed E-state index contributed by atoms with van der Waals surface area (Å²) >= 11 is 1.73. The minimum Gasteiger partial charge on any atom is -0.507 e. The van der Waals surface area contributed by atoms with Crippen LogP contribution in [-0.4, -0.2) is 21.4 Å². The number of hydrogen-bond acceptors (Lipinski definition) is 4. The van der Waals surface area contributed by atoms with Crippen LogP contribution in [0.25, 0.3) is 10.1 Å². The first-order valence-corrected chi connectivity index (χ1v) is 7.85. The number of nitrogens with one attached hydrogen (secondary N) is 1. The van der Waals surface area contributed by atoms with Gasteiger partial charge in [0.2, 0.25) is 0 Å². The second-order valence-electron chi connectivity index (χ2n) is 5.24. The van der Waals surface area contributed by atoms with Gasteiger partial charge in [-0.3, -0.25) is 4.68 Å². The molecule has 2 aromatic heterocycles. The van der Waals surface area contributed by atoms with Gasteiger partial charge < -0.3 is 10.4 Å². The monoisotopic (exact) mass is 301 g/mol. The van der Waals surface area contributed by atoms with Crippen LogP contribution in [0.5, 0.6) is 5.75 Å². The first-order chi connectivity index (χ1) is 10.1. The minimum atomic E-state index is 0.362. The van der Waals surface area contributed by atoms with Crippen molar-refractivity contribution in [3.63, 3.8) is 0 Å². The molecule has 0 atom stereocenters. The number of phenolic OH excluding ortho intramolecular Hbond substituents is 1. The molecule has 2 heterocycles. The van der Waals surface area contributed by atoms with Gasteiger partial charge in [-0.2, -0.15) is 5.10 Å². The highest BCUT2D eigenvalue weighted by molar-refractivity contribution is 7.19. The van der Waals surface area contributed by atoms with Crippen LogP contribution >= 0.6 is 11.3 Å². The number of benzene rings is 1. The van der Waals surface area contributed by atoms with Gasteiger partial charge in [0.05, 0.1) is 5.69 Å². The van der Waals surface area contributed by atoms with Crippen molar-refractivity contribution in [3.8, 4) is 5.75 Å². The Balaban J connectivity index is 1.57. The molecule has 0 spiro atoms. The maximum absolute atomic E-state index is 9.81. The number of phenols is 1. The van der Waals surface area contributed by atoms with Crippen LogP contribution in [0.1, 0.15) is 16.1 Å². The van der Waals surface area contributed by atoms with Crippen molar-refractivity contribution in [2.24, 2.45) is 7.05 Å². The molecule has 1 aromatic carbocycles. The number of nitrogens with zero attached hydrogens (tertiary/aromatic N) is 2. The lowest BCUT2D eigenvalue weighted by atomic mass is 10.2. The average Bonchev–Trinajstić information content (AvgIpc) is 2.99. The van der Waals surface area contributed by atoms with Gasteiger partial charge in [0.1, 0.15) is 5.75 Å². The lowest BCUT2D eigenvalue weighted by Crippen LogP contribution is -2.16. The molecule has 3 rings (SSSR count). The summed E-state index contributed by atoms with van der Waals surface area (Å²) in [6, 6.07) is 7.73. The Bertz CT molecular complexity index is 760. The van der Waals surface area contributed by atoms with Gasteiger partial charge in [-0.15, -0.1) is 11.3 Å². The Kier molecular flexibility index (Phi) is 3.94. The van der Waals surface area contributed by atoms with Gasteiger partial charge in [-0.25, -0.2) is 0 Å². The molecular weight excluding hydrogens is 282 g/mol. The van der Waals surface area contributed by atoms with Crippen molar-refractivity contribution in [2.45, 2.75) is 19.9 Å². The first kappa shape index (κ1) is 14.1. The van der Waals surface area contributed by atoms with E-state index >= 15 is 0 Å². The van der Waals surface area contributed by atoms with Crippen LogP contribution in [0.2, 0.25) is 0 Å². The summed E-state index contributed by atoms with van der Waals surface area (Å²) in [4.78, 5) is 1.24. The predicted octanol–water partition coefficient (Wildman–Crippen LogP) is 2.98. The molecule has 0 amide bonds. The summed E-state index contributed by atoms with van der Waals surface area (Å²) in [5.74, 6) is 0.362. The van der Waals surface area contributed by atoms with Crippen molar-refractivity contribution in [3.05, 3.63) is 46.6 Å². The molecular formula is C16H19N3OS. The van der Waals surface area contributed by atoms with Crippen LogP contribution in [0.15, 0.2) is 30.5 Å². The molecule has 0 saturated carbocycles. The molecule has 2 N–H and O–H groups in total. The van der Waals surface area contributed by atoms with E-state index in [1.807, 2.05) is 30.8 Å². The van der Waals surface area contributed by atoms with Crippen molar-refractivity contribution in [2.75, 3.05) is 6.54 Å². The number of thiophene rings is 1. The number of hydrogen-bond donors (Lipinski definition) is 2. The Morgan fingerprint density at radius 1 is 1.38 bits per heavy atom. The van der Waals surface area contributed by atoms with Crippen molar-refractivity contribution in [1.29, 1.82) is 0 Å². The van der Waals surface area contributed by atoms with E-state index in [1.54, 1.807) is 17.4 Å². The highest BCUT2D eigenvalue weighted by atomic mass is 32.1. The van der Waals surface area contributed by atoms with Crippen LogP contribution < -0.4 is 5.32 Å². The molecule has 0 unspecified atom stereocenters. The number of fused-ring (bicyclic) bond motifs is 1. The topological polar surface area (TPSA) is 50.1 Å². The molecule has 4 nitrogen and oxygen atoms in total. The summed E-state index contributed by atoms with van der Waals surface area (Å²) in [5.41, 5.74) is 2.39. The zero-order valence-electron chi connectivity index (χ0n) is 12.3. The highest BCUT2D eigenvalue weighted by Crippen LogP contribution is 2.31.